The Labute approximate surface area is 116 Å². The molecule has 1 saturated heterocycles. The van der Waals surface area contributed by atoms with E-state index >= 15 is 0 Å². The molecule has 0 aromatic rings. The second-order valence-electron chi connectivity index (χ2n) is 6.51. The molecule has 0 radical (unpaired) electrons. The molecule has 0 saturated carbocycles. The summed E-state index contributed by atoms with van der Waals surface area (Å²) >= 11 is 0. The molecule has 0 aromatic carbocycles. The predicted octanol–water partition coefficient (Wildman–Crippen LogP) is 3.84. The van der Waals surface area contributed by atoms with Crippen LogP contribution in [0.1, 0.15) is 54.4 Å². The molecule has 0 aromatic heterocycles. The monoisotopic (exact) mass is 270 g/mol. The van der Waals surface area contributed by atoms with Crippen molar-refractivity contribution in [1.82, 2.24) is 0 Å². The van der Waals surface area contributed by atoms with E-state index in [0.717, 1.165) is 12.8 Å². The molecule has 0 aliphatic carbocycles. The average Bonchev–Trinajstić information content (AvgIpc) is 2.83. The summed E-state index contributed by atoms with van der Waals surface area (Å²) in [6, 6.07) is 0. The molecule has 1 aliphatic rings. The predicted molar refractivity (Wildman–Crippen MR) is 74.1 cm³/mol. The summed E-state index contributed by atoms with van der Waals surface area (Å²) in [7, 11) is 0. The molecular weight excluding hydrogens is 244 g/mol. The molecular formula is C15H26O4. The van der Waals surface area contributed by atoms with Crippen LogP contribution in [0.4, 0.5) is 4.79 Å². The van der Waals surface area contributed by atoms with Gasteiger partial charge in [-0.15, -0.1) is 0 Å². The third-order valence-electron chi connectivity index (χ3n) is 2.97. The summed E-state index contributed by atoms with van der Waals surface area (Å²) in [4.78, 5) is 11.4. The van der Waals surface area contributed by atoms with Crippen molar-refractivity contribution in [3.63, 3.8) is 0 Å². The van der Waals surface area contributed by atoms with Gasteiger partial charge < -0.3 is 14.2 Å². The molecule has 1 aliphatic heterocycles. The van der Waals surface area contributed by atoms with Gasteiger partial charge in [-0.05, 0) is 54.4 Å². The van der Waals surface area contributed by atoms with Crippen LogP contribution in [-0.2, 0) is 14.2 Å². The fourth-order valence-electron chi connectivity index (χ4n) is 1.79. The summed E-state index contributed by atoms with van der Waals surface area (Å²) in [5.41, 5.74) is 0.633. The zero-order chi connectivity index (χ0) is 14.7. The number of hydrogen-bond donors (Lipinski definition) is 0. The van der Waals surface area contributed by atoms with E-state index in [4.69, 9.17) is 14.2 Å². The van der Waals surface area contributed by atoms with Gasteiger partial charge in [0.05, 0.1) is 5.60 Å². The molecule has 19 heavy (non-hydrogen) atoms. The molecule has 0 N–H and O–H groups in total. The average molecular weight is 270 g/mol. The molecule has 1 heterocycles. The van der Waals surface area contributed by atoms with Crippen LogP contribution in [-0.4, -0.2) is 30.1 Å². The Bertz CT molecular complexity index is 350. The van der Waals surface area contributed by atoms with Crippen molar-refractivity contribution in [2.75, 3.05) is 6.61 Å². The van der Waals surface area contributed by atoms with E-state index in [0.29, 0.717) is 0 Å². The van der Waals surface area contributed by atoms with Gasteiger partial charge in [0.15, 0.2) is 0 Å². The molecule has 0 amide bonds. The number of allylic oxidation sites excluding steroid dienone is 2. The number of epoxide rings is 1. The Morgan fingerprint density at radius 2 is 2.00 bits per heavy atom. The Hall–Kier alpha value is -1.03. The Kier molecular flexibility index (Phi) is 5.02. The lowest BCUT2D eigenvalue weighted by molar-refractivity contribution is -0.00948. The second kappa shape index (κ2) is 5.95. The summed E-state index contributed by atoms with van der Waals surface area (Å²) in [5, 5.41) is 0. The Balaban J connectivity index is 2.23. The van der Waals surface area contributed by atoms with Crippen LogP contribution in [0.3, 0.4) is 0 Å². The lowest BCUT2D eigenvalue weighted by Gasteiger charge is -2.18. The van der Waals surface area contributed by atoms with Crippen LogP contribution in [0.25, 0.3) is 0 Å². The molecule has 0 unspecified atom stereocenters. The maximum atomic E-state index is 11.4. The summed E-state index contributed by atoms with van der Waals surface area (Å²) in [6.07, 6.45) is 3.49. The third kappa shape index (κ3) is 6.10. The Morgan fingerprint density at radius 1 is 1.37 bits per heavy atom. The fraction of sp³-hybridized carbons (Fsp3) is 0.800. The van der Waals surface area contributed by atoms with E-state index < -0.39 is 11.8 Å². The quantitative estimate of drug-likeness (QED) is 0.432. The fourth-order valence-corrected chi connectivity index (χ4v) is 1.79. The van der Waals surface area contributed by atoms with Crippen LogP contribution >= 0.6 is 0 Å². The summed E-state index contributed by atoms with van der Waals surface area (Å²) in [5.74, 6) is 0. The highest BCUT2D eigenvalue weighted by molar-refractivity contribution is 5.60. The number of rotatable bonds is 5. The lowest BCUT2D eigenvalue weighted by Crippen LogP contribution is -2.26. The number of carbonyl (C=O) groups excluding carboxylic acids is 1. The molecule has 4 heteroatoms. The SMILES string of the molecule is CC(C)=CCC[C@@]1(C)O[C@@H]1COC(=O)OC(C)(C)C. The van der Waals surface area contributed by atoms with Gasteiger partial charge in [0.1, 0.15) is 18.3 Å². The first-order valence-electron chi connectivity index (χ1n) is 6.79. The molecule has 2 atom stereocenters. The van der Waals surface area contributed by atoms with Crippen LogP contribution in [0.15, 0.2) is 11.6 Å². The van der Waals surface area contributed by atoms with Crippen LogP contribution in [0, 0.1) is 0 Å². The van der Waals surface area contributed by atoms with E-state index in [1.165, 1.54) is 5.57 Å². The zero-order valence-corrected chi connectivity index (χ0v) is 12.9. The van der Waals surface area contributed by atoms with Crippen molar-refractivity contribution in [2.24, 2.45) is 0 Å². The van der Waals surface area contributed by atoms with Crippen LogP contribution < -0.4 is 0 Å². The van der Waals surface area contributed by atoms with Crippen molar-refractivity contribution in [3.8, 4) is 0 Å². The van der Waals surface area contributed by atoms with Gasteiger partial charge in [0, 0.05) is 0 Å². The first kappa shape index (κ1) is 16.0. The largest absolute Gasteiger partial charge is 0.508 e. The normalized spacial score (nSPS) is 25.7. The second-order valence-corrected chi connectivity index (χ2v) is 6.51. The van der Waals surface area contributed by atoms with Crippen molar-refractivity contribution in [1.29, 1.82) is 0 Å². The molecule has 0 spiro atoms. The summed E-state index contributed by atoms with van der Waals surface area (Å²) in [6.45, 7) is 11.9. The third-order valence-corrected chi connectivity index (χ3v) is 2.97. The first-order valence-corrected chi connectivity index (χ1v) is 6.79. The van der Waals surface area contributed by atoms with E-state index in [9.17, 15) is 4.79 Å². The minimum Gasteiger partial charge on any atom is -0.431 e. The van der Waals surface area contributed by atoms with E-state index in [1.807, 2.05) is 20.8 Å². The van der Waals surface area contributed by atoms with Crippen molar-refractivity contribution in [3.05, 3.63) is 11.6 Å². The van der Waals surface area contributed by atoms with Crippen molar-refractivity contribution < 1.29 is 19.0 Å². The molecule has 4 nitrogen and oxygen atoms in total. The van der Waals surface area contributed by atoms with Gasteiger partial charge in [-0.25, -0.2) is 4.79 Å². The number of carbonyl (C=O) groups is 1. The van der Waals surface area contributed by atoms with Gasteiger partial charge in [0.2, 0.25) is 0 Å². The van der Waals surface area contributed by atoms with Crippen molar-refractivity contribution >= 4 is 6.16 Å². The zero-order valence-electron chi connectivity index (χ0n) is 12.9. The standard InChI is InChI=1S/C15H26O4/c1-11(2)8-7-9-15(6)12(18-15)10-17-13(16)19-14(3,4)5/h8,12H,7,9-10H2,1-6H3/t12-,15-/m1/s1. The topological polar surface area (TPSA) is 48.1 Å². The molecule has 0 bridgehead atoms. The van der Waals surface area contributed by atoms with E-state index in [-0.39, 0.29) is 18.3 Å². The number of ether oxygens (including phenoxy) is 3. The summed E-state index contributed by atoms with van der Waals surface area (Å²) < 4.78 is 15.7. The number of hydrogen-bond acceptors (Lipinski definition) is 4. The highest BCUT2D eigenvalue weighted by atomic mass is 16.7. The van der Waals surface area contributed by atoms with Gasteiger partial charge in [0.25, 0.3) is 0 Å². The molecule has 1 rings (SSSR count). The molecule has 1 fully saturated rings. The Morgan fingerprint density at radius 3 is 2.53 bits per heavy atom. The van der Waals surface area contributed by atoms with Gasteiger partial charge in [-0.2, -0.15) is 0 Å². The minimum absolute atomic E-state index is 0.00872. The van der Waals surface area contributed by atoms with E-state index in [2.05, 4.69) is 26.8 Å². The van der Waals surface area contributed by atoms with Crippen LogP contribution in [0.5, 0.6) is 0 Å². The highest BCUT2D eigenvalue weighted by Gasteiger charge is 2.52. The first-order chi connectivity index (χ1) is 8.62. The van der Waals surface area contributed by atoms with Gasteiger partial charge in [-0.1, -0.05) is 11.6 Å². The van der Waals surface area contributed by atoms with Gasteiger partial charge >= 0.3 is 6.16 Å². The maximum absolute atomic E-state index is 11.4. The highest BCUT2D eigenvalue weighted by Crippen LogP contribution is 2.40. The van der Waals surface area contributed by atoms with Gasteiger partial charge in [-0.3, -0.25) is 0 Å². The maximum Gasteiger partial charge on any atom is 0.508 e. The van der Waals surface area contributed by atoms with Crippen LogP contribution in [0.2, 0.25) is 0 Å². The smallest absolute Gasteiger partial charge is 0.431 e. The lowest BCUT2D eigenvalue weighted by atomic mass is 10.0. The van der Waals surface area contributed by atoms with Crippen molar-refractivity contribution in [2.45, 2.75) is 71.7 Å². The minimum atomic E-state index is -0.630. The van der Waals surface area contributed by atoms with E-state index in [1.54, 1.807) is 0 Å². The molecule has 110 valence electrons.